The van der Waals surface area contributed by atoms with Crippen LogP contribution in [0.1, 0.15) is 35.7 Å². The Hall–Kier alpha value is -3.19. The molecule has 1 N–H and O–H groups in total. The van der Waals surface area contributed by atoms with Crippen LogP contribution in [0.25, 0.3) is 0 Å². The SMILES string of the molecule is CC(C)C(=O)C(C(=O)Nc1ccccc1)C(C(=O)c1ccc(F)c(F)c1)c1ccsc1. The summed E-state index contributed by atoms with van der Waals surface area (Å²) in [4.78, 5) is 39.8. The van der Waals surface area contributed by atoms with Gasteiger partial charge in [0.1, 0.15) is 11.7 Å². The molecule has 1 aromatic heterocycles. The largest absolute Gasteiger partial charge is 0.325 e. The maximum Gasteiger partial charge on any atom is 0.236 e. The average molecular weight is 441 g/mol. The summed E-state index contributed by atoms with van der Waals surface area (Å²) < 4.78 is 27.2. The normalized spacial score (nSPS) is 12.9. The van der Waals surface area contributed by atoms with Crippen LogP contribution in [0, 0.1) is 23.5 Å². The summed E-state index contributed by atoms with van der Waals surface area (Å²) in [6, 6.07) is 13.1. The summed E-state index contributed by atoms with van der Waals surface area (Å²) in [6.07, 6.45) is 0. The standard InChI is InChI=1S/C24H21F2NO3S/c1-14(2)22(28)21(24(30)27-17-6-4-3-5-7-17)20(16-10-11-31-13-16)23(29)15-8-9-18(25)19(26)12-15/h3-14,20-21H,1-2H3,(H,27,30). The van der Waals surface area contributed by atoms with Crippen LogP contribution in [-0.4, -0.2) is 17.5 Å². The zero-order chi connectivity index (χ0) is 22.5. The molecule has 2 aromatic carbocycles. The number of thiophene rings is 1. The van der Waals surface area contributed by atoms with E-state index in [1.165, 1.54) is 11.3 Å². The molecule has 7 heteroatoms. The Morgan fingerprint density at radius 3 is 2.23 bits per heavy atom. The Labute approximate surface area is 182 Å². The minimum absolute atomic E-state index is 0.107. The van der Waals surface area contributed by atoms with E-state index in [4.69, 9.17) is 0 Å². The van der Waals surface area contributed by atoms with E-state index in [1.54, 1.807) is 61.0 Å². The van der Waals surface area contributed by atoms with Crippen molar-refractivity contribution in [3.05, 3.63) is 88.1 Å². The molecule has 0 aliphatic rings. The van der Waals surface area contributed by atoms with E-state index in [1.807, 2.05) is 0 Å². The predicted octanol–water partition coefficient (Wildman–Crippen LogP) is 5.47. The van der Waals surface area contributed by atoms with Crippen LogP contribution < -0.4 is 5.32 Å². The van der Waals surface area contributed by atoms with Crippen LogP contribution in [-0.2, 0) is 9.59 Å². The fourth-order valence-electron chi connectivity index (χ4n) is 3.32. The molecule has 0 radical (unpaired) electrons. The van der Waals surface area contributed by atoms with Crippen LogP contribution in [0.5, 0.6) is 0 Å². The van der Waals surface area contributed by atoms with Crippen molar-refractivity contribution >= 4 is 34.5 Å². The Balaban J connectivity index is 2.07. The van der Waals surface area contributed by atoms with Gasteiger partial charge in [-0.15, -0.1) is 0 Å². The third kappa shape index (κ3) is 5.11. The van der Waals surface area contributed by atoms with E-state index in [-0.39, 0.29) is 5.56 Å². The van der Waals surface area contributed by atoms with Crippen molar-refractivity contribution in [3.8, 4) is 0 Å². The number of ketones is 2. The van der Waals surface area contributed by atoms with E-state index >= 15 is 0 Å². The molecule has 0 saturated heterocycles. The molecule has 0 fully saturated rings. The van der Waals surface area contributed by atoms with Crippen molar-refractivity contribution in [1.29, 1.82) is 0 Å². The first-order chi connectivity index (χ1) is 14.8. The Bertz CT molecular complexity index is 1080. The number of carbonyl (C=O) groups is 3. The molecule has 3 aromatic rings. The molecule has 0 spiro atoms. The molecule has 0 bridgehead atoms. The summed E-state index contributed by atoms with van der Waals surface area (Å²) in [7, 11) is 0. The van der Waals surface area contributed by atoms with Crippen LogP contribution in [0.3, 0.4) is 0 Å². The lowest BCUT2D eigenvalue weighted by atomic mass is 9.76. The van der Waals surface area contributed by atoms with Gasteiger partial charge < -0.3 is 5.32 Å². The summed E-state index contributed by atoms with van der Waals surface area (Å²) in [5.74, 6) is -6.96. The van der Waals surface area contributed by atoms with E-state index in [9.17, 15) is 23.2 Å². The monoisotopic (exact) mass is 441 g/mol. The minimum atomic E-state index is -1.34. The predicted molar refractivity (Wildman–Crippen MR) is 116 cm³/mol. The summed E-state index contributed by atoms with van der Waals surface area (Å²) in [6.45, 7) is 3.30. The third-order valence-corrected chi connectivity index (χ3v) is 5.62. The second kappa shape index (κ2) is 9.75. The van der Waals surface area contributed by atoms with E-state index in [0.29, 0.717) is 11.3 Å². The average Bonchev–Trinajstić information content (AvgIpc) is 3.27. The third-order valence-electron chi connectivity index (χ3n) is 4.92. The van der Waals surface area contributed by atoms with E-state index in [2.05, 4.69) is 5.32 Å². The van der Waals surface area contributed by atoms with Gasteiger partial charge in [-0.3, -0.25) is 14.4 Å². The van der Waals surface area contributed by atoms with Gasteiger partial charge in [-0.05, 0) is 52.7 Å². The number of anilines is 1. The zero-order valence-corrected chi connectivity index (χ0v) is 17.8. The minimum Gasteiger partial charge on any atom is -0.325 e. The fourth-order valence-corrected chi connectivity index (χ4v) is 4.02. The lowest BCUT2D eigenvalue weighted by Gasteiger charge is -2.25. The van der Waals surface area contributed by atoms with E-state index in [0.717, 1.165) is 18.2 Å². The van der Waals surface area contributed by atoms with Crippen molar-refractivity contribution in [2.45, 2.75) is 19.8 Å². The molecular formula is C24H21F2NO3S. The van der Waals surface area contributed by atoms with Gasteiger partial charge in [0.25, 0.3) is 0 Å². The summed E-state index contributed by atoms with van der Waals surface area (Å²) >= 11 is 1.31. The fraction of sp³-hybridized carbons (Fsp3) is 0.208. The van der Waals surface area contributed by atoms with E-state index < -0.39 is 46.9 Å². The molecule has 31 heavy (non-hydrogen) atoms. The van der Waals surface area contributed by atoms with Crippen molar-refractivity contribution in [2.75, 3.05) is 5.32 Å². The Kier molecular flexibility index (Phi) is 7.07. The number of hydrogen-bond donors (Lipinski definition) is 1. The molecule has 2 atom stereocenters. The van der Waals surface area contributed by atoms with Crippen molar-refractivity contribution in [2.24, 2.45) is 11.8 Å². The Morgan fingerprint density at radius 1 is 0.935 bits per heavy atom. The van der Waals surface area contributed by atoms with Gasteiger partial charge in [0.15, 0.2) is 17.4 Å². The molecule has 1 heterocycles. The Morgan fingerprint density at radius 2 is 1.65 bits per heavy atom. The zero-order valence-electron chi connectivity index (χ0n) is 17.0. The van der Waals surface area contributed by atoms with Gasteiger partial charge in [-0.2, -0.15) is 11.3 Å². The first kappa shape index (κ1) is 22.5. The van der Waals surface area contributed by atoms with Crippen LogP contribution >= 0.6 is 11.3 Å². The van der Waals surface area contributed by atoms with Crippen LogP contribution in [0.4, 0.5) is 14.5 Å². The lowest BCUT2D eigenvalue weighted by molar-refractivity contribution is -0.133. The molecule has 160 valence electrons. The highest BCUT2D eigenvalue weighted by molar-refractivity contribution is 7.08. The maximum atomic E-state index is 13.8. The van der Waals surface area contributed by atoms with Crippen molar-refractivity contribution in [1.82, 2.24) is 0 Å². The van der Waals surface area contributed by atoms with Gasteiger partial charge in [-0.1, -0.05) is 32.0 Å². The number of halogens is 2. The molecule has 0 aliphatic carbocycles. The smallest absolute Gasteiger partial charge is 0.236 e. The molecule has 2 unspecified atom stereocenters. The van der Waals surface area contributed by atoms with Gasteiger partial charge >= 0.3 is 0 Å². The van der Waals surface area contributed by atoms with Gasteiger partial charge in [-0.25, -0.2) is 8.78 Å². The number of rotatable bonds is 8. The second-order valence-corrected chi connectivity index (χ2v) is 8.20. The van der Waals surface area contributed by atoms with Gasteiger partial charge in [0.05, 0.1) is 5.92 Å². The molecule has 1 amide bonds. The molecule has 0 saturated carbocycles. The molecule has 4 nitrogen and oxygen atoms in total. The van der Waals surface area contributed by atoms with Gasteiger partial charge in [0.2, 0.25) is 5.91 Å². The summed E-state index contributed by atoms with van der Waals surface area (Å²) in [5, 5.41) is 6.11. The lowest BCUT2D eigenvalue weighted by Crippen LogP contribution is -2.39. The van der Waals surface area contributed by atoms with Crippen LogP contribution in [0.15, 0.2) is 65.4 Å². The van der Waals surface area contributed by atoms with Gasteiger partial charge in [0, 0.05) is 17.2 Å². The highest BCUT2D eigenvalue weighted by Crippen LogP contribution is 2.34. The first-order valence-electron chi connectivity index (χ1n) is 9.70. The maximum absolute atomic E-state index is 13.8. The van der Waals surface area contributed by atoms with Crippen LogP contribution in [0.2, 0.25) is 0 Å². The molecule has 0 aliphatic heterocycles. The highest BCUT2D eigenvalue weighted by Gasteiger charge is 2.41. The summed E-state index contributed by atoms with van der Waals surface area (Å²) in [5.41, 5.74) is 0.851. The quantitative estimate of drug-likeness (QED) is 0.372. The van der Waals surface area contributed by atoms with Crippen molar-refractivity contribution < 1.29 is 23.2 Å². The number of carbonyl (C=O) groups excluding carboxylic acids is 3. The number of para-hydroxylation sites is 1. The highest BCUT2D eigenvalue weighted by atomic mass is 32.1. The number of hydrogen-bond acceptors (Lipinski definition) is 4. The molecule has 3 rings (SSSR count). The number of Topliss-reactive ketones (excluding diaryl/α,β-unsaturated/α-hetero) is 2. The first-order valence-corrected chi connectivity index (χ1v) is 10.6. The number of amides is 1. The number of nitrogens with one attached hydrogen (secondary N) is 1. The second-order valence-electron chi connectivity index (χ2n) is 7.42. The molecular weight excluding hydrogens is 420 g/mol. The van der Waals surface area contributed by atoms with Crippen molar-refractivity contribution in [3.63, 3.8) is 0 Å². The topological polar surface area (TPSA) is 63.2 Å². The number of benzene rings is 2.